The zero-order chi connectivity index (χ0) is 16.6. The molecule has 0 saturated carbocycles. The van der Waals surface area contributed by atoms with Crippen LogP contribution >= 0.6 is 46.8 Å². The number of thiophene rings is 1. The van der Waals surface area contributed by atoms with Gasteiger partial charge in [0, 0.05) is 0 Å². The molecule has 1 fully saturated rings. The fourth-order valence-electron chi connectivity index (χ4n) is 2.07. The molecule has 2 amide bonds. The number of carbonyl (C=O) groups excluding carboxylic acids is 2. The number of rotatable bonds is 2. The van der Waals surface area contributed by atoms with Crippen LogP contribution in [0.25, 0.3) is 6.08 Å². The highest BCUT2D eigenvalue weighted by Crippen LogP contribution is 2.34. The molecule has 0 spiro atoms. The van der Waals surface area contributed by atoms with Crippen LogP contribution in [0.15, 0.2) is 40.6 Å². The maximum atomic E-state index is 12.7. The summed E-state index contributed by atoms with van der Waals surface area (Å²) in [6, 6.07) is 6.67. The Labute approximate surface area is 151 Å². The number of nitrogens with one attached hydrogen (secondary N) is 1. The van der Waals surface area contributed by atoms with Crippen LogP contribution in [-0.2, 0) is 9.59 Å². The lowest BCUT2D eigenvalue weighted by molar-refractivity contribution is -0.122. The van der Waals surface area contributed by atoms with Crippen LogP contribution < -0.4 is 10.2 Å². The summed E-state index contributed by atoms with van der Waals surface area (Å²) in [7, 11) is 0. The van der Waals surface area contributed by atoms with Gasteiger partial charge in [-0.1, -0.05) is 29.3 Å². The van der Waals surface area contributed by atoms with Gasteiger partial charge in [-0.15, -0.1) is 0 Å². The number of hydrogen-bond acceptors (Lipinski definition) is 4. The van der Waals surface area contributed by atoms with Crippen LogP contribution in [0.5, 0.6) is 0 Å². The first-order valence-corrected chi connectivity index (χ1v) is 8.47. The smallest absolute Gasteiger partial charge is 0.270 e. The quantitative estimate of drug-likeness (QED) is 0.486. The summed E-state index contributed by atoms with van der Waals surface area (Å²) < 4.78 is 0. The van der Waals surface area contributed by atoms with E-state index in [1.165, 1.54) is 22.3 Å². The lowest BCUT2D eigenvalue weighted by Gasteiger charge is -2.29. The van der Waals surface area contributed by atoms with E-state index in [1.54, 1.807) is 18.2 Å². The van der Waals surface area contributed by atoms with Gasteiger partial charge < -0.3 is 0 Å². The lowest BCUT2D eigenvalue weighted by Crippen LogP contribution is -2.54. The van der Waals surface area contributed by atoms with Gasteiger partial charge in [0.15, 0.2) is 5.11 Å². The Balaban J connectivity index is 2.07. The Bertz CT molecular complexity index is 847. The second-order valence-electron chi connectivity index (χ2n) is 4.59. The molecule has 2 aromatic rings. The van der Waals surface area contributed by atoms with Crippen molar-refractivity contribution in [3.63, 3.8) is 0 Å². The van der Waals surface area contributed by atoms with Gasteiger partial charge in [-0.3, -0.25) is 19.8 Å². The molecule has 3 rings (SSSR count). The first kappa shape index (κ1) is 16.1. The molecule has 2 heterocycles. The first-order chi connectivity index (χ1) is 11.0. The second kappa shape index (κ2) is 6.41. The summed E-state index contributed by atoms with van der Waals surface area (Å²) in [6.07, 6.45) is 1.52. The van der Waals surface area contributed by atoms with Crippen LogP contribution in [-0.4, -0.2) is 16.9 Å². The fourth-order valence-corrected chi connectivity index (χ4v) is 3.34. The molecule has 1 aliphatic heterocycles. The minimum atomic E-state index is -0.547. The van der Waals surface area contributed by atoms with Crippen molar-refractivity contribution in [1.82, 2.24) is 5.32 Å². The van der Waals surface area contributed by atoms with Crippen LogP contribution in [0.3, 0.4) is 0 Å². The van der Waals surface area contributed by atoms with Crippen LogP contribution in [0.2, 0.25) is 10.0 Å². The highest BCUT2D eigenvalue weighted by atomic mass is 35.5. The van der Waals surface area contributed by atoms with Gasteiger partial charge in [-0.2, -0.15) is 11.3 Å². The fraction of sp³-hybridized carbons (Fsp3) is 0. The van der Waals surface area contributed by atoms with E-state index in [9.17, 15) is 9.59 Å². The number of anilines is 1. The molecule has 0 aliphatic carbocycles. The van der Waals surface area contributed by atoms with E-state index in [0.717, 1.165) is 5.56 Å². The Morgan fingerprint density at radius 1 is 1.22 bits per heavy atom. The topological polar surface area (TPSA) is 49.4 Å². The standard InChI is InChI=1S/C15H8Cl2N2O2S2/c16-10-2-1-3-11(12(10)17)19-14(21)9(13(20)18-15(19)22)6-8-4-5-23-7-8/h1-7H,(H,18,20,22). The predicted molar refractivity (Wildman–Crippen MR) is 97.0 cm³/mol. The van der Waals surface area contributed by atoms with Gasteiger partial charge in [-0.25, -0.2) is 0 Å². The summed E-state index contributed by atoms with van der Waals surface area (Å²) in [5.41, 5.74) is 1.07. The highest BCUT2D eigenvalue weighted by molar-refractivity contribution is 7.80. The molecule has 116 valence electrons. The Morgan fingerprint density at radius 2 is 2.00 bits per heavy atom. The molecule has 1 N–H and O–H groups in total. The van der Waals surface area contributed by atoms with Crippen LogP contribution in [0, 0.1) is 0 Å². The molecule has 0 unspecified atom stereocenters. The second-order valence-corrected chi connectivity index (χ2v) is 6.54. The van der Waals surface area contributed by atoms with Gasteiger partial charge in [0.05, 0.1) is 15.7 Å². The maximum Gasteiger partial charge on any atom is 0.270 e. The van der Waals surface area contributed by atoms with E-state index < -0.39 is 11.8 Å². The van der Waals surface area contributed by atoms with Crippen molar-refractivity contribution in [2.45, 2.75) is 0 Å². The summed E-state index contributed by atoms with van der Waals surface area (Å²) in [5.74, 6) is -1.09. The number of amides is 2. The summed E-state index contributed by atoms with van der Waals surface area (Å²) in [6.45, 7) is 0. The molecule has 0 radical (unpaired) electrons. The normalized spacial score (nSPS) is 16.9. The Hall–Kier alpha value is -1.73. The lowest BCUT2D eigenvalue weighted by atomic mass is 10.1. The van der Waals surface area contributed by atoms with Gasteiger partial charge >= 0.3 is 0 Å². The number of nitrogens with zero attached hydrogens (tertiary/aromatic N) is 1. The molecule has 0 bridgehead atoms. The van der Waals surface area contributed by atoms with Crippen molar-refractivity contribution < 1.29 is 9.59 Å². The van der Waals surface area contributed by atoms with Crippen molar-refractivity contribution in [2.24, 2.45) is 0 Å². The number of hydrogen-bond donors (Lipinski definition) is 1. The molecule has 8 heteroatoms. The third-order valence-electron chi connectivity index (χ3n) is 3.13. The van der Waals surface area contributed by atoms with E-state index in [1.807, 2.05) is 16.8 Å². The molecular weight excluding hydrogens is 375 g/mol. The van der Waals surface area contributed by atoms with Crippen molar-refractivity contribution >= 4 is 75.4 Å². The molecule has 23 heavy (non-hydrogen) atoms. The van der Waals surface area contributed by atoms with Crippen molar-refractivity contribution in [2.75, 3.05) is 4.90 Å². The van der Waals surface area contributed by atoms with Gasteiger partial charge in [0.25, 0.3) is 11.8 Å². The number of benzene rings is 1. The SMILES string of the molecule is O=C1NC(=S)N(c2cccc(Cl)c2Cl)C(=O)C1=Cc1ccsc1. The van der Waals surface area contributed by atoms with Crippen LogP contribution in [0.1, 0.15) is 5.56 Å². The monoisotopic (exact) mass is 382 g/mol. The summed E-state index contributed by atoms with van der Waals surface area (Å²) in [4.78, 5) is 26.0. The largest absolute Gasteiger partial charge is 0.298 e. The third-order valence-corrected chi connectivity index (χ3v) is 4.92. The maximum absolute atomic E-state index is 12.7. The summed E-state index contributed by atoms with van der Waals surface area (Å²) in [5, 5.41) is 6.63. The number of thiocarbonyl (C=S) groups is 1. The molecule has 1 aliphatic rings. The van der Waals surface area contributed by atoms with E-state index in [0.29, 0.717) is 10.7 Å². The Kier molecular flexibility index (Phi) is 4.50. The summed E-state index contributed by atoms with van der Waals surface area (Å²) >= 11 is 18.7. The average molecular weight is 383 g/mol. The van der Waals surface area contributed by atoms with E-state index in [-0.39, 0.29) is 15.7 Å². The van der Waals surface area contributed by atoms with Gasteiger partial charge in [0.2, 0.25) is 0 Å². The van der Waals surface area contributed by atoms with E-state index in [4.69, 9.17) is 35.4 Å². The zero-order valence-electron chi connectivity index (χ0n) is 11.4. The first-order valence-electron chi connectivity index (χ1n) is 6.36. The van der Waals surface area contributed by atoms with E-state index in [2.05, 4.69) is 5.32 Å². The number of carbonyl (C=O) groups is 2. The van der Waals surface area contributed by atoms with E-state index >= 15 is 0 Å². The molecule has 1 saturated heterocycles. The molecule has 4 nitrogen and oxygen atoms in total. The Morgan fingerprint density at radius 3 is 2.70 bits per heavy atom. The average Bonchev–Trinajstić information content (AvgIpc) is 3.01. The zero-order valence-corrected chi connectivity index (χ0v) is 14.5. The minimum Gasteiger partial charge on any atom is -0.298 e. The van der Waals surface area contributed by atoms with Gasteiger partial charge in [0.1, 0.15) is 5.57 Å². The molecule has 1 aromatic heterocycles. The molecule has 0 atom stereocenters. The third kappa shape index (κ3) is 3.03. The van der Waals surface area contributed by atoms with Crippen molar-refractivity contribution in [1.29, 1.82) is 0 Å². The van der Waals surface area contributed by atoms with Crippen molar-refractivity contribution in [3.05, 3.63) is 56.2 Å². The van der Waals surface area contributed by atoms with Crippen molar-refractivity contribution in [3.8, 4) is 0 Å². The van der Waals surface area contributed by atoms with Crippen LogP contribution in [0.4, 0.5) is 5.69 Å². The molecule has 1 aromatic carbocycles. The van der Waals surface area contributed by atoms with Gasteiger partial charge in [-0.05, 0) is 52.8 Å². The number of halogens is 2. The predicted octanol–water partition coefficient (Wildman–Crippen LogP) is 3.89. The highest BCUT2D eigenvalue weighted by Gasteiger charge is 2.35. The minimum absolute atomic E-state index is 0.0203. The molecular formula is C15H8Cl2N2O2S2.